The Morgan fingerprint density at radius 3 is 2.54 bits per heavy atom. The first kappa shape index (κ1) is 45.4. The molecule has 2 saturated carbocycles. The third-order valence-corrected chi connectivity index (χ3v) is 13.9. The van der Waals surface area contributed by atoms with Crippen molar-refractivity contribution in [2.45, 2.75) is 128 Å². The molecule has 0 unspecified atom stereocenters. The van der Waals surface area contributed by atoms with E-state index in [0.29, 0.717) is 55.8 Å². The number of nitrogens with one attached hydrogen (secondary N) is 2. The molecular formula is C46H63F2N11O6. The molecule has 5 aromatic rings. The van der Waals surface area contributed by atoms with Crippen molar-refractivity contribution in [3.8, 4) is 5.75 Å². The van der Waals surface area contributed by atoms with E-state index in [9.17, 15) is 28.9 Å². The van der Waals surface area contributed by atoms with Gasteiger partial charge in [-0.15, -0.1) is 0 Å². The molecule has 1 aromatic carbocycles. The van der Waals surface area contributed by atoms with Crippen molar-refractivity contribution in [3.05, 3.63) is 59.8 Å². The van der Waals surface area contributed by atoms with Gasteiger partial charge in [-0.2, -0.15) is 15.3 Å². The molecule has 0 radical (unpaired) electrons. The number of carbonyl (C=O) groups excluding carboxylic acids is 1. The van der Waals surface area contributed by atoms with Gasteiger partial charge in [0.05, 0.1) is 66.0 Å². The van der Waals surface area contributed by atoms with E-state index in [1.807, 2.05) is 41.6 Å². The highest BCUT2D eigenvalue weighted by Crippen LogP contribution is 2.38. The molecule has 9 rings (SSSR count). The third-order valence-electron chi connectivity index (χ3n) is 13.9. The van der Waals surface area contributed by atoms with Crippen LogP contribution in [0.3, 0.4) is 0 Å². The second kappa shape index (κ2) is 20.0. The van der Waals surface area contributed by atoms with Crippen molar-refractivity contribution >= 4 is 34.0 Å². The fraction of sp³-hybridized carbons (Fsp3) is 0.630. The Labute approximate surface area is 377 Å². The fourth-order valence-electron chi connectivity index (χ4n) is 10.4. The normalized spacial score (nSPS) is 25.6. The number of carbonyl (C=O) groups is 1. The number of benzene rings is 1. The molecule has 4 aromatic heterocycles. The number of aliphatic hydroxyl groups is 3. The molecule has 4 fully saturated rings. The number of anilines is 2. The van der Waals surface area contributed by atoms with Crippen LogP contribution in [-0.4, -0.2) is 131 Å². The standard InChI is InChI=1S/C46H63F2N11O6/c1-3-16-56(20-21-60)39-15-19-57-44(51-39)34(24-49-57)45(62)50-35-26-58(54-42(35)43(47)48)31-9-7-29(8-10-31)25-55-17-13-32(14-18-55)65-33-22-30(23-33)27-64-38-6-4-5-36-41(38)28(2)53-59(36)37-11-12-40(61)52-46(37)63/h4-6,15,19,24,26,29-33,37,40,43,46,52,60-61,63H,3,7-14,16-18,20-23,25,27H2,1-2H3,(H,50,62)/t29?,30?,31?,33?,37-,40-,46-/m0/s1. The molecule has 19 heteroatoms. The van der Waals surface area contributed by atoms with Gasteiger partial charge in [0.1, 0.15) is 29.6 Å². The fourth-order valence-corrected chi connectivity index (χ4v) is 10.4. The van der Waals surface area contributed by atoms with Gasteiger partial charge in [0.2, 0.25) is 0 Å². The zero-order valence-electron chi connectivity index (χ0n) is 37.3. The number of aryl methyl sites for hydroxylation is 1. The van der Waals surface area contributed by atoms with Crippen LogP contribution in [0.25, 0.3) is 16.6 Å². The molecule has 6 heterocycles. The lowest BCUT2D eigenvalue weighted by molar-refractivity contribution is -0.100. The van der Waals surface area contributed by atoms with Gasteiger partial charge in [-0.05, 0) is 108 Å². The van der Waals surface area contributed by atoms with Crippen LogP contribution in [0.15, 0.2) is 42.9 Å². The maximum absolute atomic E-state index is 14.3. The molecule has 2 aliphatic carbocycles. The van der Waals surface area contributed by atoms with Crippen LogP contribution in [0.2, 0.25) is 0 Å². The Kier molecular flexibility index (Phi) is 13.9. The van der Waals surface area contributed by atoms with Crippen molar-refractivity contribution in [1.29, 1.82) is 0 Å². The van der Waals surface area contributed by atoms with E-state index in [-0.39, 0.29) is 42.1 Å². The van der Waals surface area contributed by atoms with Crippen LogP contribution < -0.4 is 20.3 Å². The van der Waals surface area contributed by atoms with E-state index in [2.05, 4.69) is 30.7 Å². The predicted octanol–water partition coefficient (Wildman–Crippen LogP) is 5.61. The lowest BCUT2D eigenvalue weighted by Gasteiger charge is -2.41. The average Bonchev–Trinajstić information content (AvgIpc) is 4.01. The summed E-state index contributed by atoms with van der Waals surface area (Å²) in [5.74, 6) is 1.74. The SMILES string of the molecule is CCCN(CCO)c1ccn2ncc(C(=O)Nc3cn(C4CCC(CN5CCC(OC6CC(COc7cccc8c7c(C)nn8[C@H]7CC[C@H](O)N[C@H]7O)C6)CC5)CC4)nc3C(F)F)c2n1. The lowest BCUT2D eigenvalue weighted by Crippen LogP contribution is -2.48. The van der Waals surface area contributed by atoms with Crippen LogP contribution in [0.4, 0.5) is 20.3 Å². The highest BCUT2D eigenvalue weighted by molar-refractivity contribution is 6.08. The maximum atomic E-state index is 14.3. The molecule has 0 bridgehead atoms. The highest BCUT2D eigenvalue weighted by atomic mass is 19.3. The number of hydrogen-bond donors (Lipinski definition) is 5. The second-order valence-corrected chi connectivity index (χ2v) is 18.5. The molecule has 5 N–H and O–H groups in total. The van der Waals surface area contributed by atoms with Gasteiger partial charge in [0.15, 0.2) is 11.3 Å². The van der Waals surface area contributed by atoms with Gasteiger partial charge < -0.3 is 39.9 Å². The summed E-state index contributed by atoms with van der Waals surface area (Å²) in [5.41, 5.74) is 1.74. The monoisotopic (exact) mass is 903 g/mol. The summed E-state index contributed by atoms with van der Waals surface area (Å²) in [5, 5.41) is 49.8. The van der Waals surface area contributed by atoms with Crippen molar-refractivity contribution in [2.75, 3.05) is 56.2 Å². The first-order chi connectivity index (χ1) is 31.5. The molecule has 4 aliphatic rings. The number of likely N-dealkylation sites (tertiary alicyclic amines) is 1. The molecule has 352 valence electrons. The number of hydrogen-bond acceptors (Lipinski definition) is 13. The number of aliphatic hydroxyl groups excluding tert-OH is 3. The van der Waals surface area contributed by atoms with Crippen LogP contribution in [0, 0.1) is 18.8 Å². The van der Waals surface area contributed by atoms with Crippen molar-refractivity contribution < 1.29 is 38.4 Å². The van der Waals surface area contributed by atoms with E-state index in [4.69, 9.17) is 14.6 Å². The Bertz CT molecular complexity index is 2380. The zero-order valence-corrected chi connectivity index (χ0v) is 37.3. The number of ether oxygens (including phenoxy) is 2. The van der Waals surface area contributed by atoms with Crippen LogP contribution in [-0.2, 0) is 4.74 Å². The summed E-state index contributed by atoms with van der Waals surface area (Å²) >= 11 is 0. The van der Waals surface area contributed by atoms with Gasteiger partial charge >= 0.3 is 0 Å². The predicted molar refractivity (Wildman–Crippen MR) is 239 cm³/mol. The molecule has 65 heavy (non-hydrogen) atoms. The van der Waals surface area contributed by atoms with Crippen LogP contribution >= 0.6 is 0 Å². The van der Waals surface area contributed by atoms with E-state index in [0.717, 1.165) is 99.8 Å². The zero-order chi connectivity index (χ0) is 45.2. The number of nitrogens with zero attached hydrogens (tertiary/aromatic N) is 9. The number of aromatic nitrogens is 7. The van der Waals surface area contributed by atoms with Crippen molar-refractivity contribution in [2.24, 2.45) is 11.8 Å². The summed E-state index contributed by atoms with van der Waals surface area (Å²) in [4.78, 5) is 22.6. The maximum Gasteiger partial charge on any atom is 0.284 e. The molecule has 2 saturated heterocycles. The van der Waals surface area contributed by atoms with Crippen LogP contribution in [0.5, 0.6) is 5.75 Å². The van der Waals surface area contributed by atoms with E-state index < -0.39 is 30.5 Å². The van der Waals surface area contributed by atoms with Gasteiger partial charge in [-0.3, -0.25) is 19.5 Å². The molecule has 2 aliphatic heterocycles. The minimum Gasteiger partial charge on any atom is -0.493 e. The number of fused-ring (bicyclic) bond motifs is 2. The lowest BCUT2D eigenvalue weighted by atomic mass is 9.82. The number of halogens is 2. The summed E-state index contributed by atoms with van der Waals surface area (Å²) in [6.07, 6.45) is 10.2. The topological polar surface area (TPSA) is 193 Å². The van der Waals surface area contributed by atoms with Crippen molar-refractivity contribution in [3.63, 3.8) is 0 Å². The quantitative estimate of drug-likeness (QED) is 0.0774. The van der Waals surface area contributed by atoms with Crippen molar-refractivity contribution in [1.82, 2.24) is 44.4 Å². The smallest absolute Gasteiger partial charge is 0.284 e. The minimum atomic E-state index is -2.86. The molecule has 3 atom stereocenters. The summed E-state index contributed by atoms with van der Waals surface area (Å²) in [6.45, 7) is 8.63. The highest BCUT2D eigenvalue weighted by Gasteiger charge is 2.36. The van der Waals surface area contributed by atoms with Crippen LogP contribution in [0.1, 0.15) is 118 Å². The molecular weight excluding hydrogens is 841 g/mol. The van der Waals surface area contributed by atoms with E-state index in [1.54, 1.807) is 16.9 Å². The third kappa shape index (κ3) is 10.00. The van der Waals surface area contributed by atoms with E-state index in [1.165, 1.54) is 16.9 Å². The first-order valence-corrected chi connectivity index (χ1v) is 23.5. The number of rotatable bonds is 17. The molecule has 0 spiro atoms. The van der Waals surface area contributed by atoms with Gasteiger partial charge in [-0.25, -0.2) is 18.3 Å². The van der Waals surface area contributed by atoms with E-state index >= 15 is 0 Å². The number of alkyl halides is 2. The Hall–Kier alpha value is -4.79. The largest absolute Gasteiger partial charge is 0.493 e. The molecule has 1 amide bonds. The van der Waals surface area contributed by atoms with Gasteiger partial charge in [-0.1, -0.05) is 13.0 Å². The summed E-state index contributed by atoms with van der Waals surface area (Å²) < 4.78 is 46.5. The Morgan fingerprint density at radius 2 is 1.80 bits per heavy atom. The summed E-state index contributed by atoms with van der Waals surface area (Å²) in [7, 11) is 0. The second-order valence-electron chi connectivity index (χ2n) is 18.5. The van der Waals surface area contributed by atoms with Gasteiger partial charge in [0, 0.05) is 45.1 Å². The summed E-state index contributed by atoms with van der Waals surface area (Å²) in [6, 6.07) is 7.42. The number of piperidine rings is 2. The number of amides is 1. The Morgan fingerprint density at radius 1 is 1.00 bits per heavy atom. The first-order valence-electron chi connectivity index (χ1n) is 23.5. The Balaban J connectivity index is 0.706. The average molecular weight is 904 g/mol. The minimum absolute atomic E-state index is 0.0158. The molecule has 17 nitrogen and oxygen atoms in total. The van der Waals surface area contributed by atoms with Gasteiger partial charge in [0.25, 0.3) is 12.3 Å².